The summed E-state index contributed by atoms with van der Waals surface area (Å²) in [6, 6.07) is 6.32. The van der Waals surface area contributed by atoms with Crippen molar-refractivity contribution in [3.8, 4) is 0 Å². The van der Waals surface area contributed by atoms with Crippen LogP contribution in [-0.4, -0.2) is 49.2 Å². The molecule has 1 aromatic carbocycles. The molecule has 172 valence electrons. The van der Waals surface area contributed by atoms with Gasteiger partial charge >= 0.3 is 0 Å². The van der Waals surface area contributed by atoms with E-state index in [9.17, 15) is 18.0 Å². The van der Waals surface area contributed by atoms with Gasteiger partial charge in [-0.3, -0.25) is 14.5 Å². The minimum atomic E-state index is -3.56. The summed E-state index contributed by atoms with van der Waals surface area (Å²) in [6.45, 7) is 0.670. The molecular formula is C22H28N4O4S2. The number of carbonyl (C=O) groups excluding carboxylic acids is 2. The lowest BCUT2D eigenvalue weighted by Gasteiger charge is -2.30. The molecule has 1 N–H and O–H groups in total. The molecule has 32 heavy (non-hydrogen) atoms. The summed E-state index contributed by atoms with van der Waals surface area (Å²) in [7, 11) is -1.91. The van der Waals surface area contributed by atoms with E-state index in [1.807, 2.05) is 0 Å². The number of amides is 2. The number of hydrogen-bond donors (Lipinski definition) is 1. The Hall–Kier alpha value is -2.30. The molecule has 0 atom stereocenters. The van der Waals surface area contributed by atoms with Crippen LogP contribution in [0, 0.1) is 0 Å². The molecule has 1 aliphatic heterocycles. The van der Waals surface area contributed by atoms with E-state index in [0.717, 1.165) is 38.5 Å². The average Bonchev–Trinajstić information content (AvgIpc) is 3.42. The number of nitrogens with zero attached hydrogens (tertiary/aromatic N) is 3. The van der Waals surface area contributed by atoms with Gasteiger partial charge in [0.1, 0.15) is 0 Å². The first-order valence-electron chi connectivity index (χ1n) is 11.0. The lowest BCUT2D eigenvalue weighted by atomic mass is 9.96. The first-order valence-corrected chi connectivity index (χ1v) is 13.3. The molecule has 1 aliphatic carbocycles. The highest BCUT2D eigenvalue weighted by Gasteiger charge is 2.29. The second-order valence-corrected chi connectivity index (χ2v) is 11.2. The molecule has 2 aromatic rings. The molecule has 0 unspecified atom stereocenters. The summed E-state index contributed by atoms with van der Waals surface area (Å²) in [5.74, 6) is -0.177. The summed E-state index contributed by atoms with van der Waals surface area (Å²) in [6.07, 6.45) is 6.53. The van der Waals surface area contributed by atoms with Crippen LogP contribution >= 0.6 is 11.3 Å². The van der Waals surface area contributed by atoms with Gasteiger partial charge < -0.3 is 5.32 Å². The van der Waals surface area contributed by atoms with Crippen LogP contribution in [0.25, 0.3) is 0 Å². The van der Waals surface area contributed by atoms with E-state index in [4.69, 9.17) is 0 Å². The van der Waals surface area contributed by atoms with Gasteiger partial charge in [0.05, 0.1) is 17.0 Å². The second kappa shape index (κ2) is 9.68. The molecule has 0 spiro atoms. The van der Waals surface area contributed by atoms with Crippen molar-refractivity contribution in [2.24, 2.45) is 0 Å². The third-order valence-corrected chi connectivity index (χ3v) is 8.93. The van der Waals surface area contributed by atoms with Crippen LogP contribution in [0.2, 0.25) is 0 Å². The van der Waals surface area contributed by atoms with Crippen molar-refractivity contribution in [3.05, 3.63) is 35.3 Å². The van der Waals surface area contributed by atoms with E-state index in [0.29, 0.717) is 29.5 Å². The standard InChI is InChI=1S/C22H28N4O4S2/c1-25(18-6-3-2-4-7-18)32(29,30)19-11-9-16(10-12-19)23-20(27)14-17-15-31-22(24-17)26-13-5-8-21(26)28/h9-12,15,18H,2-8,13-14H2,1H3,(H,23,27). The second-order valence-electron chi connectivity index (χ2n) is 8.33. The van der Waals surface area contributed by atoms with Gasteiger partial charge in [0.2, 0.25) is 21.8 Å². The summed E-state index contributed by atoms with van der Waals surface area (Å²) in [5, 5.41) is 5.21. The lowest BCUT2D eigenvalue weighted by molar-refractivity contribution is -0.117. The molecule has 10 heteroatoms. The molecule has 1 aromatic heterocycles. The van der Waals surface area contributed by atoms with E-state index in [2.05, 4.69) is 10.3 Å². The van der Waals surface area contributed by atoms with Crippen molar-refractivity contribution in [3.63, 3.8) is 0 Å². The van der Waals surface area contributed by atoms with Gasteiger partial charge in [0.25, 0.3) is 0 Å². The smallest absolute Gasteiger partial charge is 0.243 e. The molecule has 2 heterocycles. The van der Waals surface area contributed by atoms with Gasteiger partial charge in [0.15, 0.2) is 5.13 Å². The first-order chi connectivity index (χ1) is 15.3. The van der Waals surface area contributed by atoms with Gasteiger partial charge in [-0.1, -0.05) is 19.3 Å². The Morgan fingerprint density at radius 3 is 2.56 bits per heavy atom. The molecule has 1 saturated heterocycles. The van der Waals surface area contributed by atoms with Gasteiger partial charge in [-0.05, 0) is 43.5 Å². The number of hydrogen-bond acceptors (Lipinski definition) is 6. The molecule has 2 fully saturated rings. The highest BCUT2D eigenvalue weighted by Crippen LogP contribution is 2.28. The lowest BCUT2D eigenvalue weighted by Crippen LogP contribution is -2.38. The number of anilines is 2. The number of sulfonamides is 1. The monoisotopic (exact) mass is 476 g/mol. The molecule has 1 saturated carbocycles. The van der Waals surface area contributed by atoms with Gasteiger partial charge in [0, 0.05) is 37.1 Å². The highest BCUT2D eigenvalue weighted by molar-refractivity contribution is 7.89. The van der Waals surface area contributed by atoms with Gasteiger partial charge in [-0.25, -0.2) is 13.4 Å². The van der Waals surface area contributed by atoms with Crippen molar-refractivity contribution in [1.29, 1.82) is 0 Å². The molecule has 2 aliphatic rings. The van der Waals surface area contributed by atoms with Crippen molar-refractivity contribution < 1.29 is 18.0 Å². The van der Waals surface area contributed by atoms with Crippen molar-refractivity contribution in [1.82, 2.24) is 9.29 Å². The molecule has 0 bridgehead atoms. The molecule has 0 radical (unpaired) electrons. The normalized spacial score (nSPS) is 17.8. The van der Waals surface area contributed by atoms with Crippen molar-refractivity contribution >= 4 is 44.0 Å². The van der Waals surface area contributed by atoms with Crippen LogP contribution in [0.5, 0.6) is 0 Å². The van der Waals surface area contributed by atoms with Crippen LogP contribution in [0.15, 0.2) is 34.5 Å². The Balaban J connectivity index is 1.35. The number of nitrogens with one attached hydrogen (secondary N) is 1. The summed E-state index contributed by atoms with van der Waals surface area (Å²) >= 11 is 1.36. The largest absolute Gasteiger partial charge is 0.326 e. The van der Waals surface area contributed by atoms with E-state index in [1.54, 1.807) is 29.5 Å². The van der Waals surface area contributed by atoms with Crippen LogP contribution in [0.3, 0.4) is 0 Å². The third-order valence-electron chi connectivity index (χ3n) is 6.09. The zero-order chi connectivity index (χ0) is 22.7. The van der Waals surface area contributed by atoms with Crippen LogP contribution in [0.4, 0.5) is 10.8 Å². The Bertz CT molecular complexity index is 1080. The Morgan fingerprint density at radius 1 is 1.19 bits per heavy atom. The number of aromatic nitrogens is 1. The minimum absolute atomic E-state index is 0.0481. The van der Waals surface area contributed by atoms with Crippen molar-refractivity contribution in [2.75, 3.05) is 23.8 Å². The highest BCUT2D eigenvalue weighted by atomic mass is 32.2. The fraction of sp³-hybridized carbons (Fsp3) is 0.500. The average molecular weight is 477 g/mol. The van der Waals surface area contributed by atoms with Crippen LogP contribution < -0.4 is 10.2 Å². The number of benzene rings is 1. The van der Waals surface area contributed by atoms with E-state index in [1.165, 1.54) is 27.8 Å². The van der Waals surface area contributed by atoms with Crippen LogP contribution in [-0.2, 0) is 26.0 Å². The quantitative estimate of drug-likeness (QED) is 0.660. The summed E-state index contributed by atoms with van der Waals surface area (Å²) < 4.78 is 27.4. The predicted octanol–water partition coefficient (Wildman–Crippen LogP) is 3.40. The van der Waals surface area contributed by atoms with E-state index in [-0.39, 0.29) is 29.2 Å². The zero-order valence-corrected chi connectivity index (χ0v) is 19.8. The Morgan fingerprint density at radius 2 is 1.91 bits per heavy atom. The fourth-order valence-electron chi connectivity index (χ4n) is 4.24. The Labute approximate surface area is 192 Å². The van der Waals surface area contributed by atoms with Gasteiger partial charge in [-0.2, -0.15) is 4.31 Å². The van der Waals surface area contributed by atoms with Gasteiger partial charge in [-0.15, -0.1) is 11.3 Å². The number of thiazole rings is 1. The first kappa shape index (κ1) is 22.9. The fourth-order valence-corrected chi connectivity index (χ4v) is 6.52. The van der Waals surface area contributed by atoms with Crippen molar-refractivity contribution in [2.45, 2.75) is 62.3 Å². The molecular weight excluding hydrogens is 448 g/mol. The number of carbonyl (C=O) groups is 2. The van der Waals surface area contributed by atoms with E-state index >= 15 is 0 Å². The summed E-state index contributed by atoms with van der Waals surface area (Å²) in [5.41, 5.74) is 1.13. The Kier molecular flexibility index (Phi) is 6.92. The number of rotatable bonds is 7. The maximum Gasteiger partial charge on any atom is 0.243 e. The molecule has 2 amide bonds. The summed E-state index contributed by atoms with van der Waals surface area (Å²) in [4.78, 5) is 30.6. The predicted molar refractivity (Wildman–Crippen MR) is 124 cm³/mol. The minimum Gasteiger partial charge on any atom is -0.326 e. The SMILES string of the molecule is CN(C1CCCCC1)S(=O)(=O)c1ccc(NC(=O)Cc2csc(N3CCCC3=O)n2)cc1. The maximum absolute atomic E-state index is 12.9. The van der Waals surface area contributed by atoms with E-state index < -0.39 is 10.0 Å². The molecule has 8 nitrogen and oxygen atoms in total. The zero-order valence-electron chi connectivity index (χ0n) is 18.1. The topological polar surface area (TPSA) is 99.7 Å². The molecule has 4 rings (SSSR count). The van der Waals surface area contributed by atoms with Crippen LogP contribution in [0.1, 0.15) is 50.6 Å². The maximum atomic E-state index is 12.9. The third kappa shape index (κ3) is 5.02.